The molecule has 0 bridgehead atoms. The van der Waals surface area contributed by atoms with Crippen molar-refractivity contribution in [1.82, 2.24) is 14.9 Å². The average Bonchev–Trinajstić information content (AvgIpc) is 3.14. The molecule has 0 saturated heterocycles. The van der Waals surface area contributed by atoms with Crippen LogP contribution in [0.5, 0.6) is 0 Å². The summed E-state index contributed by atoms with van der Waals surface area (Å²) in [5.41, 5.74) is 2.94. The van der Waals surface area contributed by atoms with Crippen LogP contribution in [0.3, 0.4) is 0 Å². The quantitative estimate of drug-likeness (QED) is 0.477. The molecular weight excluding hydrogens is 378 g/mol. The van der Waals surface area contributed by atoms with Gasteiger partial charge in [0.25, 0.3) is 5.56 Å². The van der Waals surface area contributed by atoms with Crippen LogP contribution >= 0.6 is 23.1 Å². The lowest BCUT2D eigenvalue weighted by Crippen LogP contribution is -2.27. The van der Waals surface area contributed by atoms with Gasteiger partial charge >= 0.3 is 0 Å². The molecule has 0 spiro atoms. The zero-order valence-corrected chi connectivity index (χ0v) is 17.3. The maximum absolute atomic E-state index is 12.8. The van der Waals surface area contributed by atoms with E-state index < -0.39 is 0 Å². The Labute approximate surface area is 166 Å². The predicted molar refractivity (Wildman–Crippen MR) is 113 cm³/mol. The monoisotopic (exact) mass is 401 g/mol. The topological polar surface area (TPSA) is 64.0 Å². The van der Waals surface area contributed by atoms with Crippen LogP contribution in [0.2, 0.25) is 0 Å². The van der Waals surface area contributed by atoms with E-state index in [0.717, 1.165) is 12.0 Å². The maximum Gasteiger partial charge on any atom is 0.272 e. The van der Waals surface area contributed by atoms with Gasteiger partial charge in [0.15, 0.2) is 5.16 Å². The Hall–Kier alpha value is -2.12. The minimum Gasteiger partial charge on any atom is -0.351 e. The minimum atomic E-state index is -0.0732. The van der Waals surface area contributed by atoms with Crippen molar-refractivity contribution < 1.29 is 4.79 Å². The van der Waals surface area contributed by atoms with Gasteiger partial charge in [0.1, 0.15) is 4.70 Å². The number of hydrogen-bond acceptors (Lipinski definition) is 5. The molecule has 1 aromatic carbocycles. The standard InChI is InChI=1S/C20H23N3O2S2/c1-4-14(3)23-19(25)18-16(9-10-26-18)22-20(23)27-12-17(24)21-11-15-7-5-13(2)6-8-15/h5-10,14H,4,11-12H2,1-3H3,(H,21,24). The molecule has 0 saturated carbocycles. The summed E-state index contributed by atoms with van der Waals surface area (Å²) >= 11 is 2.72. The summed E-state index contributed by atoms with van der Waals surface area (Å²) in [6.07, 6.45) is 0.825. The first-order chi connectivity index (χ1) is 13.0. The van der Waals surface area contributed by atoms with Crippen LogP contribution in [0.4, 0.5) is 0 Å². The van der Waals surface area contributed by atoms with E-state index in [1.54, 1.807) is 4.57 Å². The number of carbonyl (C=O) groups is 1. The number of thiophene rings is 1. The number of hydrogen-bond donors (Lipinski definition) is 1. The largest absolute Gasteiger partial charge is 0.351 e. The Kier molecular flexibility index (Phi) is 6.34. The lowest BCUT2D eigenvalue weighted by atomic mass is 10.1. The number of benzene rings is 1. The molecule has 1 atom stereocenters. The maximum atomic E-state index is 12.8. The third-order valence-corrected chi connectivity index (χ3v) is 6.30. The molecule has 142 valence electrons. The van der Waals surface area contributed by atoms with Crippen LogP contribution in [-0.4, -0.2) is 21.2 Å². The van der Waals surface area contributed by atoms with Gasteiger partial charge in [0, 0.05) is 12.6 Å². The van der Waals surface area contributed by atoms with Gasteiger partial charge in [-0.3, -0.25) is 14.2 Å². The minimum absolute atomic E-state index is 0.0214. The van der Waals surface area contributed by atoms with Crippen molar-refractivity contribution in [2.45, 2.75) is 44.9 Å². The molecule has 0 radical (unpaired) electrons. The normalized spacial score (nSPS) is 12.3. The highest BCUT2D eigenvalue weighted by Gasteiger charge is 2.17. The van der Waals surface area contributed by atoms with Gasteiger partial charge in [-0.25, -0.2) is 4.98 Å². The number of nitrogens with zero attached hydrogens (tertiary/aromatic N) is 2. The number of rotatable bonds is 7. The Morgan fingerprint density at radius 1 is 1.30 bits per heavy atom. The lowest BCUT2D eigenvalue weighted by Gasteiger charge is -2.17. The molecule has 1 unspecified atom stereocenters. The summed E-state index contributed by atoms with van der Waals surface area (Å²) in [7, 11) is 0. The zero-order valence-electron chi connectivity index (χ0n) is 15.7. The van der Waals surface area contributed by atoms with Crippen LogP contribution in [0, 0.1) is 6.92 Å². The Morgan fingerprint density at radius 2 is 2.04 bits per heavy atom. The van der Waals surface area contributed by atoms with Gasteiger partial charge in [0.2, 0.25) is 5.91 Å². The molecule has 1 amide bonds. The fraction of sp³-hybridized carbons (Fsp3) is 0.350. The Balaban J connectivity index is 1.71. The Morgan fingerprint density at radius 3 is 2.74 bits per heavy atom. The van der Waals surface area contributed by atoms with Crippen LogP contribution in [-0.2, 0) is 11.3 Å². The second-order valence-electron chi connectivity index (χ2n) is 6.51. The molecule has 5 nitrogen and oxygen atoms in total. The summed E-state index contributed by atoms with van der Waals surface area (Å²) in [4.78, 5) is 29.7. The highest BCUT2D eigenvalue weighted by Crippen LogP contribution is 2.24. The fourth-order valence-corrected chi connectivity index (χ4v) is 4.36. The molecule has 0 fully saturated rings. The first-order valence-electron chi connectivity index (χ1n) is 8.94. The van der Waals surface area contributed by atoms with E-state index in [2.05, 4.69) is 10.3 Å². The summed E-state index contributed by atoms with van der Waals surface area (Å²) in [5, 5.41) is 5.41. The van der Waals surface area contributed by atoms with Crippen LogP contribution in [0.25, 0.3) is 10.2 Å². The van der Waals surface area contributed by atoms with Crippen LogP contribution < -0.4 is 10.9 Å². The summed E-state index contributed by atoms with van der Waals surface area (Å²) in [6.45, 7) is 6.57. The molecule has 3 rings (SSSR count). The molecule has 2 aromatic heterocycles. The zero-order chi connectivity index (χ0) is 19.4. The fourth-order valence-electron chi connectivity index (χ4n) is 2.66. The summed E-state index contributed by atoms with van der Waals surface area (Å²) in [6, 6.07) is 9.96. The van der Waals surface area contributed by atoms with Gasteiger partial charge < -0.3 is 5.32 Å². The molecule has 0 aliphatic heterocycles. The predicted octanol–water partition coefficient (Wildman–Crippen LogP) is 4.15. The molecule has 2 heterocycles. The highest BCUT2D eigenvalue weighted by molar-refractivity contribution is 7.99. The van der Waals surface area contributed by atoms with Crippen molar-refractivity contribution in [2.75, 3.05) is 5.75 Å². The molecule has 1 N–H and O–H groups in total. The second kappa shape index (κ2) is 8.71. The molecule has 27 heavy (non-hydrogen) atoms. The van der Waals surface area contributed by atoms with Crippen molar-refractivity contribution in [2.24, 2.45) is 0 Å². The van der Waals surface area contributed by atoms with E-state index in [1.807, 2.05) is 56.5 Å². The van der Waals surface area contributed by atoms with Gasteiger partial charge in [-0.2, -0.15) is 0 Å². The van der Waals surface area contributed by atoms with Crippen molar-refractivity contribution in [3.05, 3.63) is 57.2 Å². The van der Waals surface area contributed by atoms with Crippen molar-refractivity contribution in [3.8, 4) is 0 Å². The second-order valence-corrected chi connectivity index (χ2v) is 8.37. The number of nitrogens with one attached hydrogen (secondary N) is 1. The van der Waals surface area contributed by atoms with Gasteiger partial charge in [-0.15, -0.1) is 11.3 Å². The van der Waals surface area contributed by atoms with E-state index in [9.17, 15) is 9.59 Å². The first-order valence-corrected chi connectivity index (χ1v) is 10.8. The number of aryl methyl sites for hydroxylation is 1. The molecule has 0 aliphatic rings. The summed E-state index contributed by atoms with van der Waals surface area (Å²) in [5.74, 6) is 0.153. The smallest absolute Gasteiger partial charge is 0.272 e. The number of carbonyl (C=O) groups excluding carboxylic acids is 1. The van der Waals surface area contributed by atoms with Crippen molar-refractivity contribution in [3.63, 3.8) is 0 Å². The molecule has 3 aromatic rings. The van der Waals surface area contributed by atoms with Gasteiger partial charge in [0.05, 0.1) is 11.3 Å². The summed E-state index contributed by atoms with van der Waals surface area (Å²) < 4.78 is 2.39. The van der Waals surface area contributed by atoms with E-state index in [0.29, 0.717) is 21.9 Å². The number of thioether (sulfide) groups is 1. The van der Waals surface area contributed by atoms with Crippen LogP contribution in [0.15, 0.2) is 45.7 Å². The van der Waals surface area contributed by atoms with E-state index in [-0.39, 0.29) is 23.3 Å². The Bertz CT molecular complexity index is 993. The third-order valence-electron chi connectivity index (χ3n) is 4.45. The molecule has 7 heteroatoms. The van der Waals surface area contributed by atoms with E-state index in [1.165, 1.54) is 28.7 Å². The number of fused-ring (bicyclic) bond motifs is 1. The van der Waals surface area contributed by atoms with Crippen LogP contribution in [0.1, 0.15) is 37.4 Å². The number of aromatic nitrogens is 2. The van der Waals surface area contributed by atoms with Gasteiger partial charge in [-0.1, -0.05) is 48.5 Å². The third kappa shape index (κ3) is 4.59. The van der Waals surface area contributed by atoms with Crippen molar-refractivity contribution in [1.29, 1.82) is 0 Å². The van der Waals surface area contributed by atoms with E-state index in [4.69, 9.17) is 0 Å². The molecule has 0 aliphatic carbocycles. The number of amides is 1. The first kappa shape index (κ1) is 19.6. The highest BCUT2D eigenvalue weighted by atomic mass is 32.2. The molecular formula is C20H23N3O2S2. The lowest BCUT2D eigenvalue weighted by molar-refractivity contribution is -0.118. The van der Waals surface area contributed by atoms with Gasteiger partial charge in [-0.05, 0) is 37.3 Å². The van der Waals surface area contributed by atoms with Crippen molar-refractivity contribution >= 4 is 39.2 Å². The average molecular weight is 402 g/mol. The van der Waals surface area contributed by atoms with E-state index >= 15 is 0 Å². The SMILES string of the molecule is CCC(C)n1c(SCC(=O)NCc2ccc(C)cc2)nc2ccsc2c1=O.